The number of fused-ring (bicyclic) bond motifs is 1. The van der Waals surface area contributed by atoms with E-state index in [0.29, 0.717) is 5.57 Å². The second kappa shape index (κ2) is 9.32. The van der Waals surface area contributed by atoms with Crippen LogP contribution in [-0.4, -0.2) is 52.4 Å². The highest BCUT2D eigenvalue weighted by atomic mass is 16.6. The number of carbonyl (C=O) groups excluding carboxylic acids is 3. The van der Waals surface area contributed by atoms with E-state index < -0.39 is 46.5 Å². The number of esters is 3. The summed E-state index contributed by atoms with van der Waals surface area (Å²) in [5, 5.41) is 12.2. The van der Waals surface area contributed by atoms with E-state index in [9.17, 15) is 19.5 Å². The lowest BCUT2D eigenvalue weighted by atomic mass is 9.44. The van der Waals surface area contributed by atoms with Crippen LogP contribution in [0.2, 0.25) is 0 Å². The summed E-state index contributed by atoms with van der Waals surface area (Å²) in [7, 11) is 0. The van der Waals surface area contributed by atoms with Crippen LogP contribution in [-0.2, 0) is 23.8 Å². The molecule has 192 valence electrons. The van der Waals surface area contributed by atoms with Crippen molar-refractivity contribution >= 4 is 17.9 Å². The number of allylic oxidation sites excluding steroid dienone is 1. The quantitative estimate of drug-likeness (QED) is 0.374. The molecule has 8 nitrogen and oxygen atoms in total. The van der Waals surface area contributed by atoms with Gasteiger partial charge in [0.1, 0.15) is 12.2 Å². The fraction of sp³-hybridized carbons (Fsp3) is 0.500. The van der Waals surface area contributed by atoms with Crippen molar-refractivity contribution in [2.45, 2.75) is 65.3 Å². The van der Waals surface area contributed by atoms with Crippen molar-refractivity contribution in [2.75, 3.05) is 6.61 Å². The normalized spacial score (nSPS) is 35.9. The molecule has 0 aromatic carbocycles. The Balaban J connectivity index is 1.85. The molecule has 1 fully saturated rings. The number of rotatable bonds is 5. The number of ether oxygens (including phenoxy) is 3. The third-order valence-corrected chi connectivity index (χ3v) is 8.47. The maximum Gasteiger partial charge on any atom is 0.340 e. The third-order valence-electron chi connectivity index (χ3n) is 8.47. The van der Waals surface area contributed by atoms with Gasteiger partial charge in [0.2, 0.25) is 0 Å². The molecular formula is C28H33NO7. The van der Waals surface area contributed by atoms with Gasteiger partial charge in [0.25, 0.3) is 0 Å². The van der Waals surface area contributed by atoms with Gasteiger partial charge in [-0.3, -0.25) is 9.78 Å². The Morgan fingerprint density at radius 1 is 1.22 bits per heavy atom. The topological polar surface area (TPSA) is 112 Å². The molecule has 1 saturated carbocycles. The summed E-state index contributed by atoms with van der Waals surface area (Å²) in [6, 6.07) is 3.20. The highest BCUT2D eigenvalue weighted by Gasteiger charge is 2.69. The molecule has 0 bridgehead atoms. The van der Waals surface area contributed by atoms with Crippen LogP contribution in [0, 0.1) is 16.7 Å². The van der Waals surface area contributed by atoms with Crippen LogP contribution in [0.25, 0.3) is 0 Å². The zero-order valence-corrected chi connectivity index (χ0v) is 21.3. The molecule has 3 aliphatic rings. The molecule has 0 spiro atoms. The molecule has 36 heavy (non-hydrogen) atoms. The predicted octanol–water partition coefficient (Wildman–Crippen LogP) is 3.71. The first-order chi connectivity index (χ1) is 16.9. The van der Waals surface area contributed by atoms with Gasteiger partial charge in [-0.05, 0) is 50.3 Å². The Morgan fingerprint density at radius 3 is 2.58 bits per heavy atom. The van der Waals surface area contributed by atoms with Gasteiger partial charge in [-0.1, -0.05) is 37.6 Å². The van der Waals surface area contributed by atoms with Gasteiger partial charge in [0.05, 0.1) is 5.56 Å². The van der Waals surface area contributed by atoms with Gasteiger partial charge in [0.15, 0.2) is 12.2 Å². The third kappa shape index (κ3) is 4.17. The summed E-state index contributed by atoms with van der Waals surface area (Å²) in [5.41, 5.74) is -1.40. The lowest BCUT2D eigenvalue weighted by Gasteiger charge is -2.64. The molecule has 1 aromatic rings. The number of cyclic esters (lactones) is 1. The Bertz CT molecular complexity index is 1150. The second-order valence-corrected chi connectivity index (χ2v) is 10.5. The van der Waals surface area contributed by atoms with Gasteiger partial charge in [-0.25, -0.2) is 9.59 Å². The highest BCUT2D eigenvalue weighted by molar-refractivity contribution is 5.89. The first kappa shape index (κ1) is 25.8. The fourth-order valence-corrected chi connectivity index (χ4v) is 6.13. The zero-order valence-electron chi connectivity index (χ0n) is 21.3. The molecule has 1 aromatic heterocycles. The first-order valence-corrected chi connectivity index (χ1v) is 12.2. The second-order valence-electron chi connectivity index (χ2n) is 10.5. The number of aromatic nitrogens is 1. The zero-order chi connectivity index (χ0) is 26.3. The molecule has 0 amide bonds. The van der Waals surface area contributed by atoms with Gasteiger partial charge in [-0.2, -0.15) is 0 Å². The SMILES string of the molecule is CC(=O)O[C@H]1[C@H](OC(=O)c2cccnc2)[C@](C)(O)[C@](C)(C=CC2=CC(=O)OC2)[C@H]2CCC=C(C)[C@]12C. The summed E-state index contributed by atoms with van der Waals surface area (Å²) in [6.45, 7) is 9.00. The largest absolute Gasteiger partial charge is 0.458 e. The van der Waals surface area contributed by atoms with Crippen LogP contribution in [0.1, 0.15) is 57.8 Å². The Hall–Kier alpha value is -3.26. The standard InChI is InChI=1S/C28H33NO7/c1-17-8-6-10-21-26(3,12-11-19-14-22(31)34-16-19)28(5,33)24(23(27(17,21)4)35-18(2)30)36-25(32)20-9-7-13-29-15-20/h7-9,11-15,21,23-24,33H,6,10,16H2,1-5H3/t21-,23+,24+,26-,27+,28+/m1/s1. The van der Waals surface area contributed by atoms with Crippen molar-refractivity contribution in [3.8, 4) is 0 Å². The Kier molecular flexibility index (Phi) is 6.68. The fourth-order valence-electron chi connectivity index (χ4n) is 6.13. The van der Waals surface area contributed by atoms with Crippen LogP contribution >= 0.6 is 0 Å². The minimum absolute atomic E-state index is 0.157. The van der Waals surface area contributed by atoms with Crippen molar-refractivity contribution < 1.29 is 33.7 Å². The molecule has 1 N–H and O–H groups in total. The van der Waals surface area contributed by atoms with Gasteiger partial charge < -0.3 is 19.3 Å². The molecule has 2 aliphatic carbocycles. The minimum atomic E-state index is -1.65. The van der Waals surface area contributed by atoms with Crippen molar-refractivity contribution in [1.82, 2.24) is 4.98 Å². The lowest BCUT2D eigenvalue weighted by molar-refractivity contribution is -0.257. The van der Waals surface area contributed by atoms with Crippen molar-refractivity contribution in [2.24, 2.45) is 16.7 Å². The lowest BCUT2D eigenvalue weighted by Crippen LogP contribution is -2.72. The minimum Gasteiger partial charge on any atom is -0.458 e. The monoisotopic (exact) mass is 495 g/mol. The molecule has 4 rings (SSSR count). The molecule has 0 unspecified atom stereocenters. The smallest absolute Gasteiger partial charge is 0.340 e. The molecule has 0 saturated heterocycles. The van der Waals surface area contributed by atoms with Gasteiger partial charge >= 0.3 is 17.9 Å². The maximum absolute atomic E-state index is 13.2. The van der Waals surface area contributed by atoms with E-state index in [4.69, 9.17) is 14.2 Å². The maximum atomic E-state index is 13.2. The first-order valence-electron chi connectivity index (χ1n) is 12.2. The van der Waals surface area contributed by atoms with Crippen LogP contribution in [0.4, 0.5) is 0 Å². The number of carbonyl (C=O) groups is 3. The molecule has 8 heteroatoms. The molecule has 1 aliphatic heterocycles. The van der Waals surface area contributed by atoms with E-state index in [1.54, 1.807) is 31.3 Å². The highest BCUT2D eigenvalue weighted by Crippen LogP contribution is 2.63. The van der Waals surface area contributed by atoms with Crippen LogP contribution < -0.4 is 0 Å². The average Bonchev–Trinajstić information content (AvgIpc) is 3.25. The summed E-state index contributed by atoms with van der Waals surface area (Å²) < 4.78 is 16.9. The van der Waals surface area contributed by atoms with Crippen LogP contribution in [0.3, 0.4) is 0 Å². The number of nitrogens with zero attached hydrogens (tertiary/aromatic N) is 1. The summed E-state index contributed by atoms with van der Waals surface area (Å²) >= 11 is 0. The van der Waals surface area contributed by atoms with Crippen molar-refractivity contribution in [1.29, 1.82) is 0 Å². The van der Waals surface area contributed by atoms with Crippen LogP contribution in [0.5, 0.6) is 0 Å². The summed E-state index contributed by atoms with van der Waals surface area (Å²) in [6.07, 6.45) is 9.55. The van der Waals surface area contributed by atoms with Crippen molar-refractivity contribution in [3.05, 3.63) is 65.5 Å². The molecule has 6 atom stereocenters. The number of aliphatic hydroxyl groups is 1. The van der Waals surface area contributed by atoms with E-state index in [1.165, 1.54) is 19.2 Å². The van der Waals surface area contributed by atoms with E-state index in [0.717, 1.165) is 18.4 Å². The average molecular weight is 496 g/mol. The number of hydrogen-bond acceptors (Lipinski definition) is 8. The molecular weight excluding hydrogens is 462 g/mol. The number of pyridine rings is 1. The van der Waals surface area contributed by atoms with E-state index in [-0.39, 0.29) is 18.1 Å². The van der Waals surface area contributed by atoms with Gasteiger partial charge in [0, 0.05) is 36.2 Å². The summed E-state index contributed by atoms with van der Waals surface area (Å²) in [5.74, 6) is -1.77. The Labute approximate surface area is 211 Å². The van der Waals surface area contributed by atoms with E-state index in [2.05, 4.69) is 11.1 Å². The Morgan fingerprint density at radius 2 is 1.97 bits per heavy atom. The molecule has 0 radical (unpaired) electrons. The van der Waals surface area contributed by atoms with E-state index >= 15 is 0 Å². The molecule has 2 heterocycles. The van der Waals surface area contributed by atoms with Crippen LogP contribution in [0.15, 0.2) is 60.0 Å². The van der Waals surface area contributed by atoms with E-state index in [1.807, 2.05) is 26.8 Å². The summed E-state index contributed by atoms with van der Waals surface area (Å²) in [4.78, 5) is 41.1. The predicted molar refractivity (Wildman–Crippen MR) is 130 cm³/mol. The van der Waals surface area contributed by atoms with Gasteiger partial charge in [-0.15, -0.1) is 0 Å². The number of hydrogen-bond donors (Lipinski definition) is 1. The van der Waals surface area contributed by atoms with Crippen molar-refractivity contribution in [3.63, 3.8) is 0 Å².